The van der Waals surface area contributed by atoms with Gasteiger partial charge in [0.15, 0.2) is 11.6 Å². The molecule has 4 N–H and O–H groups in total. The van der Waals surface area contributed by atoms with Gasteiger partial charge >= 0.3 is 0 Å². The number of nitrogens with one attached hydrogen (secondary N) is 1. The lowest BCUT2D eigenvalue weighted by Crippen LogP contribution is -2.37. The Balaban J connectivity index is 1.77. The average Bonchev–Trinajstić information content (AvgIpc) is 3.19. The van der Waals surface area contributed by atoms with Crippen molar-refractivity contribution < 1.29 is 14.1 Å². The van der Waals surface area contributed by atoms with Gasteiger partial charge < -0.3 is 15.6 Å². The number of ketones is 2. The van der Waals surface area contributed by atoms with Gasteiger partial charge in [-0.2, -0.15) is 0 Å². The Morgan fingerprint density at radius 3 is 2.32 bits per heavy atom. The lowest BCUT2D eigenvalue weighted by molar-refractivity contribution is -0.137. The van der Waals surface area contributed by atoms with E-state index >= 15 is 0 Å². The predicted octanol–water partition coefficient (Wildman–Crippen LogP) is 2.90. The molecule has 1 heterocycles. The van der Waals surface area contributed by atoms with Gasteiger partial charge in [0.2, 0.25) is 0 Å². The molecule has 0 saturated heterocycles. The van der Waals surface area contributed by atoms with E-state index in [4.69, 9.17) is 5.73 Å². The summed E-state index contributed by atoms with van der Waals surface area (Å²) in [7, 11) is -1.27. The van der Waals surface area contributed by atoms with Gasteiger partial charge in [0.1, 0.15) is 5.92 Å². The number of allylic oxidation sites excluding steroid dienone is 2. The van der Waals surface area contributed by atoms with Crippen molar-refractivity contribution in [1.82, 2.24) is 5.32 Å². The minimum atomic E-state index is -1.27. The molecule has 1 aromatic rings. The van der Waals surface area contributed by atoms with E-state index in [0.29, 0.717) is 28.4 Å². The van der Waals surface area contributed by atoms with Crippen LogP contribution in [0.5, 0.6) is 0 Å². The Kier molecular flexibility index (Phi) is 4.04. The highest BCUT2D eigenvalue weighted by Gasteiger charge is 2.50. The largest absolute Gasteiger partial charge is 0.399 e. The topological polar surface area (TPSA) is 92.4 Å². The molecule has 2 fully saturated rings. The van der Waals surface area contributed by atoms with Crippen LogP contribution in [-0.2, 0) is 9.59 Å². The molecule has 6 heteroatoms. The molecule has 0 radical (unpaired) electrons. The predicted molar refractivity (Wildman–Crippen MR) is 100.0 cm³/mol. The third-order valence-electron chi connectivity index (χ3n) is 5.56. The van der Waals surface area contributed by atoms with E-state index < -0.39 is 16.7 Å². The molecular weight excluding hydrogens is 336 g/mol. The number of rotatable bonds is 3. The quantitative estimate of drug-likeness (QED) is 0.439. The normalized spacial score (nSPS) is 31.7. The smallest absolute Gasteiger partial charge is 0.151 e. The van der Waals surface area contributed by atoms with Crippen molar-refractivity contribution in [3.63, 3.8) is 0 Å². The highest BCUT2D eigenvalue weighted by Crippen LogP contribution is 2.48. The van der Waals surface area contributed by atoms with Crippen molar-refractivity contribution in [2.45, 2.75) is 32.6 Å². The first kappa shape index (κ1) is 16.5. The maximum Gasteiger partial charge on any atom is 0.151 e. The lowest BCUT2D eigenvalue weighted by Gasteiger charge is -2.27. The summed E-state index contributed by atoms with van der Waals surface area (Å²) >= 11 is 0. The number of carbonyl (C=O) groups excluding carboxylic acids is 2. The maximum absolute atomic E-state index is 12.9. The molecule has 4 rings (SSSR count). The monoisotopic (exact) mass is 358 g/mol. The van der Waals surface area contributed by atoms with Crippen LogP contribution in [0.2, 0.25) is 0 Å². The Bertz CT molecular complexity index is 804. The summed E-state index contributed by atoms with van der Waals surface area (Å²) in [6, 6.07) is 7.25. The standard InChI is InChI=1S/C19H22N2O3S/c1-2-14-18(15-16(22)11-3-4-12(9-11)17(15)23)25(24)19(21-14)10-5-7-13(20)8-6-10/h5-8,11-12,15,21,24H,2-4,9,20H2,1H3/t11-,12+,15?,25?. The summed E-state index contributed by atoms with van der Waals surface area (Å²) in [4.78, 5) is 27.0. The van der Waals surface area contributed by atoms with E-state index in [0.717, 1.165) is 24.1 Å². The number of benzene rings is 1. The van der Waals surface area contributed by atoms with Gasteiger partial charge in [-0.05, 0) is 48.6 Å². The van der Waals surface area contributed by atoms with E-state index in [1.165, 1.54) is 0 Å². The Morgan fingerprint density at radius 1 is 1.16 bits per heavy atom. The number of Topliss-reactive ketones (excluding diaryl/α,β-unsaturated/α-hetero) is 2. The SMILES string of the molecule is CCC1=C(C2C(=O)[C@@H]3CC[C@@H](C3)C2=O)S(O)=C(c2ccc(N)cc2)N1. The van der Waals surface area contributed by atoms with Crippen LogP contribution in [0.15, 0.2) is 34.9 Å². The summed E-state index contributed by atoms with van der Waals surface area (Å²) in [5, 5.41) is 3.28. The molecular formula is C19H22N2O3S. The maximum atomic E-state index is 12.9. The van der Waals surface area contributed by atoms with E-state index in [9.17, 15) is 14.1 Å². The highest BCUT2D eigenvalue weighted by molar-refractivity contribution is 8.15. The van der Waals surface area contributed by atoms with Crippen LogP contribution in [0.4, 0.5) is 5.69 Å². The lowest BCUT2D eigenvalue weighted by atomic mass is 9.78. The third-order valence-corrected chi connectivity index (χ3v) is 7.18. The second-order valence-corrected chi connectivity index (χ2v) is 8.42. The van der Waals surface area contributed by atoms with Crippen LogP contribution in [0.3, 0.4) is 0 Å². The molecule has 2 aliphatic carbocycles. The van der Waals surface area contributed by atoms with Crippen LogP contribution in [0, 0.1) is 17.8 Å². The van der Waals surface area contributed by atoms with E-state index in [1.807, 2.05) is 19.1 Å². The fourth-order valence-electron chi connectivity index (χ4n) is 4.21. The zero-order valence-corrected chi connectivity index (χ0v) is 14.9. The Labute approximate surface area is 149 Å². The van der Waals surface area contributed by atoms with Crippen LogP contribution in [0.1, 0.15) is 38.2 Å². The van der Waals surface area contributed by atoms with Gasteiger partial charge in [-0.15, -0.1) is 0 Å². The number of hydrogen-bond donors (Lipinski definition) is 3. The van der Waals surface area contributed by atoms with Crippen molar-refractivity contribution in [3.8, 4) is 0 Å². The van der Waals surface area contributed by atoms with Crippen molar-refractivity contribution in [2.75, 3.05) is 5.73 Å². The fourth-order valence-corrected chi connectivity index (χ4v) is 5.89. The first-order chi connectivity index (χ1) is 12.0. The van der Waals surface area contributed by atoms with Gasteiger partial charge in [0.25, 0.3) is 0 Å². The zero-order chi connectivity index (χ0) is 17.7. The summed E-state index contributed by atoms with van der Waals surface area (Å²) in [6.45, 7) is 1.97. The number of anilines is 1. The fraction of sp³-hybridized carbons (Fsp3) is 0.421. The molecule has 1 aromatic carbocycles. The molecule has 132 valence electrons. The van der Waals surface area contributed by atoms with Crippen molar-refractivity contribution >= 4 is 33.0 Å². The molecule has 0 spiro atoms. The van der Waals surface area contributed by atoms with Gasteiger partial charge in [-0.25, -0.2) is 0 Å². The minimum Gasteiger partial charge on any atom is -0.399 e. The third kappa shape index (κ3) is 2.55. The number of fused-ring (bicyclic) bond motifs is 2. The molecule has 5 nitrogen and oxygen atoms in total. The van der Waals surface area contributed by atoms with Crippen molar-refractivity contribution in [3.05, 3.63) is 40.4 Å². The second kappa shape index (κ2) is 6.11. The Hall–Kier alpha value is -1.92. The van der Waals surface area contributed by atoms with Gasteiger partial charge in [0.05, 0.1) is 4.99 Å². The number of hydrogen-bond acceptors (Lipinski definition) is 5. The average molecular weight is 358 g/mol. The van der Waals surface area contributed by atoms with E-state index in [1.54, 1.807) is 12.1 Å². The summed E-state index contributed by atoms with van der Waals surface area (Å²) < 4.78 is 11.0. The molecule has 4 atom stereocenters. The summed E-state index contributed by atoms with van der Waals surface area (Å²) in [5.41, 5.74) is 8.04. The minimum absolute atomic E-state index is 0.00612. The van der Waals surface area contributed by atoms with Crippen molar-refractivity contribution in [1.29, 1.82) is 0 Å². The van der Waals surface area contributed by atoms with Gasteiger partial charge in [-0.1, -0.05) is 19.1 Å². The molecule has 25 heavy (non-hydrogen) atoms. The summed E-state index contributed by atoms with van der Waals surface area (Å²) in [5.74, 6) is -0.793. The van der Waals surface area contributed by atoms with Crippen LogP contribution in [-0.4, -0.2) is 21.1 Å². The van der Waals surface area contributed by atoms with E-state index in [2.05, 4.69) is 5.32 Å². The van der Waals surface area contributed by atoms with Crippen LogP contribution < -0.4 is 11.1 Å². The highest BCUT2D eigenvalue weighted by atomic mass is 32.2. The first-order valence-electron chi connectivity index (χ1n) is 8.75. The molecule has 2 bridgehead atoms. The number of nitrogen functional groups attached to an aromatic ring is 1. The van der Waals surface area contributed by atoms with Gasteiger partial charge in [-0.3, -0.25) is 9.59 Å². The molecule has 2 unspecified atom stereocenters. The van der Waals surface area contributed by atoms with Gasteiger partial charge in [0, 0.05) is 33.7 Å². The molecule has 1 aliphatic heterocycles. The van der Waals surface area contributed by atoms with Crippen LogP contribution >= 0.6 is 10.8 Å². The molecule has 2 saturated carbocycles. The second-order valence-electron chi connectivity index (χ2n) is 7.00. The number of carbonyl (C=O) groups is 2. The molecule has 0 aromatic heterocycles. The van der Waals surface area contributed by atoms with Crippen molar-refractivity contribution in [2.24, 2.45) is 17.8 Å². The molecule has 3 aliphatic rings. The van der Waals surface area contributed by atoms with E-state index in [-0.39, 0.29) is 23.4 Å². The number of nitrogens with two attached hydrogens (primary N) is 1. The first-order valence-corrected chi connectivity index (χ1v) is 9.93. The Morgan fingerprint density at radius 2 is 1.76 bits per heavy atom. The van der Waals surface area contributed by atoms with Crippen LogP contribution in [0.25, 0.3) is 0 Å². The zero-order valence-electron chi connectivity index (χ0n) is 14.1. The summed E-state index contributed by atoms with van der Waals surface area (Å²) in [6.07, 6.45) is 2.96. The molecule has 0 amide bonds.